The lowest BCUT2D eigenvalue weighted by Crippen LogP contribution is -2.00. The van der Waals surface area contributed by atoms with Gasteiger partial charge in [-0.25, -0.2) is 0 Å². The van der Waals surface area contributed by atoms with Crippen LogP contribution in [0.2, 0.25) is 0 Å². The van der Waals surface area contributed by atoms with Gasteiger partial charge in [0.15, 0.2) is 0 Å². The molecule has 0 fully saturated rings. The smallest absolute Gasteiger partial charge is 0.0284 e. The summed E-state index contributed by atoms with van der Waals surface area (Å²) in [5, 5.41) is 0. The summed E-state index contributed by atoms with van der Waals surface area (Å²) in [4.78, 5) is 4.00. The fourth-order valence-corrected chi connectivity index (χ4v) is 1.35. The van der Waals surface area contributed by atoms with Gasteiger partial charge in [-0.1, -0.05) is 31.7 Å². The highest BCUT2D eigenvalue weighted by Crippen LogP contribution is 2.21. The summed E-state index contributed by atoms with van der Waals surface area (Å²) in [6.45, 7) is 5.99. The lowest BCUT2D eigenvalue weighted by molar-refractivity contribution is 0.729. The van der Waals surface area contributed by atoms with E-state index in [0.717, 1.165) is 6.42 Å². The van der Waals surface area contributed by atoms with E-state index < -0.39 is 0 Å². The van der Waals surface area contributed by atoms with E-state index in [2.05, 4.69) is 30.6 Å². The van der Waals surface area contributed by atoms with Gasteiger partial charge >= 0.3 is 0 Å². The van der Waals surface area contributed by atoms with Crippen LogP contribution in [0.5, 0.6) is 0 Å². The van der Waals surface area contributed by atoms with Gasteiger partial charge < -0.3 is 0 Å². The molecule has 12 heavy (non-hydrogen) atoms. The van der Waals surface area contributed by atoms with Crippen molar-refractivity contribution in [1.29, 1.82) is 0 Å². The predicted octanol–water partition coefficient (Wildman–Crippen LogP) is 2.77. The Kier molecular flexibility index (Phi) is 3.03. The number of aliphatic imine (C=N–C) groups is 1. The molecule has 0 amide bonds. The van der Waals surface area contributed by atoms with E-state index in [0.29, 0.717) is 5.92 Å². The van der Waals surface area contributed by atoms with E-state index in [1.165, 1.54) is 11.1 Å². The van der Waals surface area contributed by atoms with Crippen molar-refractivity contribution in [3.8, 4) is 0 Å². The van der Waals surface area contributed by atoms with Crippen LogP contribution in [0.25, 0.3) is 0 Å². The zero-order valence-electron chi connectivity index (χ0n) is 7.75. The lowest BCUT2D eigenvalue weighted by atomic mass is 9.92. The summed E-state index contributed by atoms with van der Waals surface area (Å²) in [7, 11) is 1.79. The number of rotatable bonds is 2. The largest absolute Gasteiger partial charge is 0.296 e. The van der Waals surface area contributed by atoms with Crippen LogP contribution in [0, 0.1) is 5.92 Å². The lowest BCUT2D eigenvalue weighted by Gasteiger charge is -2.13. The van der Waals surface area contributed by atoms with Crippen LogP contribution in [-0.4, -0.2) is 13.3 Å². The van der Waals surface area contributed by atoms with Gasteiger partial charge in [0.05, 0.1) is 0 Å². The molecule has 0 bridgehead atoms. The fourth-order valence-electron chi connectivity index (χ4n) is 1.35. The van der Waals surface area contributed by atoms with Crippen molar-refractivity contribution in [3.05, 3.63) is 36.0 Å². The first-order valence-corrected chi connectivity index (χ1v) is 4.25. The minimum atomic E-state index is 0.631. The molecule has 0 aromatic heterocycles. The Morgan fingerprint density at radius 3 is 2.92 bits per heavy atom. The van der Waals surface area contributed by atoms with E-state index in [1.54, 1.807) is 7.05 Å². The first-order chi connectivity index (χ1) is 5.77. The van der Waals surface area contributed by atoms with E-state index in [9.17, 15) is 0 Å². The molecular formula is C11H15N. The minimum absolute atomic E-state index is 0.631. The molecule has 1 aliphatic carbocycles. The Hall–Kier alpha value is -1.11. The van der Waals surface area contributed by atoms with Gasteiger partial charge in [0.1, 0.15) is 0 Å². The second kappa shape index (κ2) is 4.05. The van der Waals surface area contributed by atoms with Gasteiger partial charge in [-0.15, -0.1) is 0 Å². The highest BCUT2D eigenvalue weighted by Gasteiger charge is 2.07. The average molecular weight is 161 g/mol. The second-order valence-corrected chi connectivity index (χ2v) is 3.09. The Morgan fingerprint density at radius 2 is 2.33 bits per heavy atom. The number of allylic oxidation sites excluding steroid dienone is 5. The predicted molar refractivity (Wildman–Crippen MR) is 54.6 cm³/mol. The van der Waals surface area contributed by atoms with E-state index in [-0.39, 0.29) is 0 Å². The van der Waals surface area contributed by atoms with Crippen molar-refractivity contribution in [2.24, 2.45) is 10.9 Å². The maximum atomic E-state index is 4.00. The summed E-state index contributed by atoms with van der Waals surface area (Å²) in [5.74, 6) is 0.631. The standard InChI is InChI=1S/C11H15N/c1-4-10-7-9(2)5-6-11(10)8-12-3/h4,6-9H,1,5H2,2-3H3. The third-order valence-corrected chi connectivity index (χ3v) is 2.00. The maximum absolute atomic E-state index is 4.00. The third-order valence-electron chi connectivity index (χ3n) is 2.00. The molecule has 0 saturated carbocycles. The van der Waals surface area contributed by atoms with E-state index in [4.69, 9.17) is 0 Å². The molecule has 0 spiro atoms. The molecule has 1 atom stereocenters. The zero-order chi connectivity index (χ0) is 8.97. The Labute approximate surface area is 74.2 Å². The van der Waals surface area contributed by atoms with Crippen molar-refractivity contribution >= 4 is 6.21 Å². The van der Waals surface area contributed by atoms with Gasteiger partial charge in [-0.3, -0.25) is 4.99 Å². The van der Waals surface area contributed by atoms with Crippen LogP contribution in [-0.2, 0) is 0 Å². The summed E-state index contributed by atoms with van der Waals surface area (Å²) in [6, 6.07) is 0. The summed E-state index contributed by atoms with van der Waals surface area (Å²) in [6.07, 6.45) is 9.35. The molecule has 0 heterocycles. The van der Waals surface area contributed by atoms with Crippen molar-refractivity contribution in [2.45, 2.75) is 13.3 Å². The summed E-state index contributed by atoms with van der Waals surface area (Å²) >= 11 is 0. The molecule has 1 aliphatic rings. The van der Waals surface area contributed by atoms with Gasteiger partial charge in [0, 0.05) is 13.3 Å². The monoisotopic (exact) mass is 161 g/mol. The molecule has 64 valence electrons. The number of hydrogen-bond acceptors (Lipinski definition) is 1. The minimum Gasteiger partial charge on any atom is -0.296 e. The van der Waals surface area contributed by atoms with Crippen LogP contribution < -0.4 is 0 Å². The first-order valence-electron chi connectivity index (χ1n) is 4.25. The van der Waals surface area contributed by atoms with Crippen LogP contribution in [0.4, 0.5) is 0 Å². The highest BCUT2D eigenvalue weighted by atomic mass is 14.6. The SMILES string of the molecule is C=CC1=CC(C)CC=C1C=NC. The van der Waals surface area contributed by atoms with Crippen molar-refractivity contribution in [3.63, 3.8) is 0 Å². The zero-order valence-corrected chi connectivity index (χ0v) is 7.75. The number of nitrogens with zero attached hydrogens (tertiary/aromatic N) is 1. The topological polar surface area (TPSA) is 12.4 Å². The Balaban J connectivity index is 2.88. The molecule has 1 unspecified atom stereocenters. The molecule has 0 saturated heterocycles. The molecule has 0 aliphatic heterocycles. The van der Waals surface area contributed by atoms with Crippen LogP contribution in [0.15, 0.2) is 40.9 Å². The fraction of sp³-hybridized carbons (Fsp3) is 0.364. The van der Waals surface area contributed by atoms with E-state index >= 15 is 0 Å². The molecule has 0 N–H and O–H groups in total. The molecule has 0 aromatic carbocycles. The first kappa shape index (κ1) is 8.98. The summed E-state index contributed by atoms with van der Waals surface area (Å²) < 4.78 is 0. The van der Waals surface area contributed by atoms with Crippen LogP contribution >= 0.6 is 0 Å². The second-order valence-electron chi connectivity index (χ2n) is 3.09. The summed E-state index contributed by atoms with van der Waals surface area (Å²) in [5.41, 5.74) is 2.41. The quantitative estimate of drug-likeness (QED) is 0.552. The normalized spacial score (nSPS) is 23.7. The Bertz CT molecular complexity index is 256. The van der Waals surface area contributed by atoms with Crippen molar-refractivity contribution in [2.75, 3.05) is 7.05 Å². The third kappa shape index (κ3) is 1.94. The molecule has 1 nitrogen and oxygen atoms in total. The Morgan fingerprint density at radius 1 is 1.58 bits per heavy atom. The molecule has 0 radical (unpaired) electrons. The van der Waals surface area contributed by atoms with Gasteiger partial charge in [-0.2, -0.15) is 0 Å². The van der Waals surface area contributed by atoms with Crippen molar-refractivity contribution < 1.29 is 0 Å². The number of hydrogen-bond donors (Lipinski definition) is 0. The van der Waals surface area contributed by atoms with Gasteiger partial charge in [0.25, 0.3) is 0 Å². The van der Waals surface area contributed by atoms with Gasteiger partial charge in [-0.05, 0) is 23.5 Å². The van der Waals surface area contributed by atoms with E-state index in [1.807, 2.05) is 12.3 Å². The highest BCUT2D eigenvalue weighted by molar-refractivity contribution is 5.86. The maximum Gasteiger partial charge on any atom is 0.0284 e. The van der Waals surface area contributed by atoms with Gasteiger partial charge in [0.2, 0.25) is 0 Å². The average Bonchev–Trinajstić information content (AvgIpc) is 2.08. The molecule has 0 aromatic rings. The molecular weight excluding hydrogens is 146 g/mol. The molecule has 1 rings (SSSR count). The van der Waals surface area contributed by atoms with Crippen LogP contribution in [0.1, 0.15) is 13.3 Å². The van der Waals surface area contributed by atoms with Crippen molar-refractivity contribution in [1.82, 2.24) is 0 Å². The van der Waals surface area contributed by atoms with Crippen LogP contribution in [0.3, 0.4) is 0 Å². The molecule has 1 heteroatoms.